The van der Waals surface area contributed by atoms with Crippen molar-refractivity contribution >= 4 is 22.9 Å². The van der Waals surface area contributed by atoms with Crippen LogP contribution in [0.15, 0.2) is 72.8 Å². The Morgan fingerprint density at radius 1 is 0.938 bits per heavy atom. The summed E-state index contributed by atoms with van der Waals surface area (Å²) in [7, 11) is 0. The van der Waals surface area contributed by atoms with Crippen LogP contribution in [0.1, 0.15) is 10.4 Å². The average Bonchev–Trinajstić information content (AvgIpc) is 3.18. The molecular formula is C22H16F3N3O4. The minimum absolute atomic E-state index is 0.453. The van der Waals surface area contributed by atoms with Gasteiger partial charge < -0.3 is 20.6 Å². The summed E-state index contributed by atoms with van der Waals surface area (Å²) in [5, 5.41) is 7.12. The van der Waals surface area contributed by atoms with Gasteiger partial charge in [0.1, 0.15) is 17.3 Å². The summed E-state index contributed by atoms with van der Waals surface area (Å²) in [5.74, 6) is -0.948. The molecule has 0 atom stereocenters. The quantitative estimate of drug-likeness (QED) is 0.421. The van der Waals surface area contributed by atoms with Crippen LogP contribution in [0.3, 0.4) is 0 Å². The number of aliphatic carboxylic acids is 1. The molecule has 10 heteroatoms. The molecule has 0 fully saturated rings. The maximum atomic E-state index is 11.3. The number of imidazole rings is 1. The van der Waals surface area contributed by atoms with E-state index in [1.165, 1.54) is 0 Å². The highest BCUT2D eigenvalue weighted by molar-refractivity contribution is 5.96. The Hall–Kier alpha value is -4.34. The normalized spacial score (nSPS) is 10.8. The van der Waals surface area contributed by atoms with E-state index in [1.807, 2.05) is 54.6 Å². The summed E-state index contributed by atoms with van der Waals surface area (Å²) in [6.45, 7) is 0. The molecule has 0 aliphatic carbocycles. The molecule has 0 radical (unpaired) electrons. The van der Waals surface area contributed by atoms with Crippen LogP contribution in [0.5, 0.6) is 11.5 Å². The molecule has 4 rings (SSSR count). The molecule has 1 aromatic heterocycles. The second-order valence-electron chi connectivity index (χ2n) is 6.42. The minimum atomic E-state index is -5.08. The predicted octanol–water partition coefficient (Wildman–Crippen LogP) is 4.75. The number of nitrogens with one attached hydrogen (secondary N) is 1. The number of para-hydroxylation sites is 1. The van der Waals surface area contributed by atoms with E-state index in [2.05, 4.69) is 9.97 Å². The number of aromatic amines is 1. The van der Waals surface area contributed by atoms with Gasteiger partial charge in [-0.2, -0.15) is 13.2 Å². The molecule has 164 valence electrons. The molecule has 1 heterocycles. The van der Waals surface area contributed by atoms with E-state index in [0.29, 0.717) is 5.56 Å². The molecule has 0 aliphatic heterocycles. The van der Waals surface area contributed by atoms with Crippen LogP contribution in [0.4, 0.5) is 13.2 Å². The van der Waals surface area contributed by atoms with Crippen molar-refractivity contribution in [3.8, 4) is 22.9 Å². The van der Waals surface area contributed by atoms with Crippen molar-refractivity contribution in [2.75, 3.05) is 0 Å². The highest BCUT2D eigenvalue weighted by Gasteiger charge is 2.38. The number of amides is 1. The van der Waals surface area contributed by atoms with Crippen LogP contribution >= 0.6 is 0 Å². The largest absolute Gasteiger partial charge is 0.490 e. The third-order valence-corrected chi connectivity index (χ3v) is 4.12. The van der Waals surface area contributed by atoms with Crippen molar-refractivity contribution < 1.29 is 32.6 Å². The van der Waals surface area contributed by atoms with Crippen molar-refractivity contribution in [2.24, 2.45) is 5.73 Å². The number of alkyl halides is 3. The highest BCUT2D eigenvalue weighted by Crippen LogP contribution is 2.26. The maximum Gasteiger partial charge on any atom is 0.490 e. The Kier molecular flexibility index (Phi) is 6.43. The molecule has 0 aliphatic rings. The molecule has 0 saturated heterocycles. The van der Waals surface area contributed by atoms with Gasteiger partial charge in [-0.3, -0.25) is 4.79 Å². The fraction of sp³-hybridized carbons (Fsp3) is 0.0455. The van der Waals surface area contributed by atoms with Gasteiger partial charge in [0.15, 0.2) is 0 Å². The highest BCUT2D eigenvalue weighted by atomic mass is 19.4. The first-order valence-electron chi connectivity index (χ1n) is 9.06. The second-order valence-corrected chi connectivity index (χ2v) is 6.42. The van der Waals surface area contributed by atoms with E-state index in [-0.39, 0.29) is 0 Å². The number of hydrogen-bond acceptors (Lipinski definition) is 4. The number of rotatable bonds is 4. The number of nitrogens with two attached hydrogens (primary N) is 1. The summed E-state index contributed by atoms with van der Waals surface area (Å²) >= 11 is 0. The number of benzene rings is 3. The zero-order valence-electron chi connectivity index (χ0n) is 16.3. The smallest absolute Gasteiger partial charge is 0.475 e. The van der Waals surface area contributed by atoms with Gasteiger partial charge in [-0.05, 0) is 54.6 Å². The molecule has 1 amide bonds. The van der Waals surface area contributed by atoms with Crippen LogP contribution in [0.25, 0.3) is 22.4 Å². The number of carbonyl (C=O) groups is 2. The van der Waals surface area contributed by atoms with E-state index in [1.54, 1.807) is 18.2 Å². The summed E-state index contributed by atoms with van der Waals surface area (Å²) < 4.78 is 37.5. The molecule has 7 nitrogen and oxygen atoms in total. The Bertz CT molecular complexity index is 1240. The van der Waals surface area contributed by atoms with Crippen LogP contribution in [-0.4, -0.2) is 33.1 Å². The third-order valence-electron chi connectivity index (χ3n) is 4.12. The number of H-pyrrole nitrogens is 1. The average molecular weight is 443 g/mol. The van der Waals surface area contributed by atoms with Crippen molar-refractivity contribution in [1.82, 2.24) is 9.97 Å². The monoisotopic (exact) mass is 443 g/mol. The van der Waals surface area contributed by atoms with Gasteiger partial charge in [-0.1, -0.05) is 18.2 Å². The number of fused-ring (bicyclic) bond motifs is 1. The van der Waals surface area contributed by atoms with Crippen LogP contribution in [-0.2, 0) is 4.79 Å². The fourth-order valence-corrected chi connectivity index (χ4v) is 2.61. The number of ether oxygens (including phenoxy) is 1. The third kappa shape index (κ3) is 5.63. The number of primary amides is 1. The minimum Gasteiger partial charge on any atom is -0.475 e. The number of carboxylic acid groups (broad SMARTS) is 1. The lowest BCUT2D eigenvalue weighted by molar-refractivity contribution is -0.192. The van der Waals surface area contributed by atoms with Gasteiger partial charge in [0.25, 0.3) is 0 Å². The second kappa shape index (κ2) is 9.21. The van der Waals surface area contributed by atoms with E-state index in [0.717, 1.165) is 33.9 Å². The summed E-state index contributed by atoms with van der Waals surface area (Å²) in [6.07, 6.45) is -5.08. The summed E-state index contributed by atoms with van der Waals surface area (Å²) in [6, 6.07) is 22.4. The van der Waals surface area contributed by atoms with Gasteiger partial charge >= 0.3 is 12.1 Å². The maximum absolute atomic E-state index is 11.3. The van der Waals surface area contributed by atoms with Gasteiger partial charge in [0, 0.05) is 11.1 Å². The molecule has 0 unspecified atom stereocenters. The lowest BCUT2D eigenvalue weighted by Gasteiger charge is -2.05. The first kappa shape index (κ1) is 22.3. The van der Waals surface area contributed by atoms with Crippen LogP contribution < -0.4 is 10.5 Å². The van der Waals surface area contributed by atoms with E-state index >= 15 is 0 Å². The molecule has 3 aromatic carbocycles. The van der Waals surface area contributed by atoms with Crippen molar-refractivity contribution in [3.05, 3.63) is 78.4 Å². The Morgan fingerprint density at radius 3 is 2.09 bits per heavy atom. The fourth-order valence-electron chi connectivity index (χ4n) is 2.61. The van der Waals surface area contributed by atoms with Gasteiger partial charge in [0.2, 0.25) is 5.91 Å². The van der Waals surface area contributed by atoms with Crippen molar-refractivity contribution in [3.63, 3.8) is 0 Å². The van der Waals surface area contributed by atoms with Gasteiger partial charge in [0.05, 0.1) is 11.0 Å². The number of nitrogens with zero attached hydrogens (tertiary/aromatic N) is 1. The molecular weight excluding hydrogens is 427 g/mol. The number of aromatic nitrogens is 2. The zero-order valence-corrected chi connectivity index (χ0v) is 16.3. The first-order chi connectivity index (χ1) is 15.1. The van der Waals surface area contributed by atoms with Gasteiger partial charge in [-0.15, -0.1) is 0 Å². The van der Waals surface area contributed by atoms with E-state index in [9.17, 15) is 18.0 Å². The molecule has 32 heavy (non-hydrogen) atoms. The first-order valence-corrected chi connectivity index (χ1v) is 9.06. The zero-order chi connectivity index (χ0) is 23.3. The van der Waals surface area contributed by atoms with Crippen molar-refractivity contribution in [1.29, 1.82) is 0 Å². The number of carbonyl (C=O) groups excluding carboxylic acids is 1. The number of hydrogen-bond donors (Lipinski definition) is 3. The molecule has 4 N–H and O–H groups in total. The standard InChI is InChI=1S/C20H15N3O2.C2HF3O2/c21-19(24)14-8-11-17-18(12-14)23-20(22-17)13-6-9-16(10-7-13)25-15-4-2-1-3-5-15;3-2(4,5)1(6)7/h1-12H,(H2,21,24)(H,22,23);(H,6,7). The lowest BCUT2D eigenvalue weighted by atomic mass is 10.2. The predicted molar refractivity (Wildman–Crippen MR) is 110 cm³/mol. The number of carboxylic acids is 1. The molecule has 4 aromatic rings. The van der Waals surface area contributed by atoms with E-state index in [4.69, 9.17) is 20.4 Å². The molecule has 0 bridgehead atoms. The number of halogens is 3. The Labute approximate surface area is 179 Å². The SMILES string of the molecule is NC(=O)c1ccc2nc(-c3ccc(Oc4ccccc4)cc3)[nH]c2c1.O=C(O)C(F)(F)F. The molecule has 0 spiro atoms. The van der Waals surface area contributed by atoms with Crippen LogP contribution in [0.2, 0.25) is 0 Å². The van der Waals surface area contributed by atoms with Crippen LogP contribution in [0, 0.1) is 0 Å². The Morgan fingerprint density at radius 2 is 1.53 bits per heavy atom. The van der Waals surface area contributed by atoms with Crippen molar-refractivity contribution in [2.45, 2.75) is 6.18 Å². The van der Waals surface area contributed by atoms with Gasteiger partial charge in [-0.25, -0.2) is 9.78 Å². The summed E-state index contributed by atoms with van der Waals surface area (Å²) in [4.78, 5) is 27.9. The van der Waals surface area contributed by atoms with E-state index < -0.39 is 18.1 Å². The summed E-state index contributed by atoms with van der Waals surface area (Å²) in [5.41, 5.74) is 8.25. The lowest BCUT2D eigenvalue weighted by Crippen LogP contribution is -2.21. The topological polar surface area (TPSA) is 118 Å². The molecule has 0 saturated carbocycles. The Balaban J connectivity index is 0.000000360.